The Hall–Kier alpha value is -2.73. The predicted molar refractivity (Wildman–Crippen MR) is 106 cm³/mol. The molecule has 0 atom stereocenters. The number of ether oxygens (including phenoxy) is 1. The van der Waals surface area contributed by atoms with E-state index in [1.54, 1.807) is 12.1 Å². The maximum Gasteiger partial charge on any atom is 0.337 e. The number of carbonyl (C=O) groups is 2. The highest BCUT2D eigenvalue weighted by atomic mass is 35.5. The Bertz CT molecular complexity index is 831. The van der Waals surface area contributed by atoms with Crippen LogP contribution in [-0.2, 0) is 11.3 Å². The third-order valence-corrected chi connectivity index (χ3v) is 3.86. The lowest BCUT2D eigenvalue weighted by atomic mass is 10.1. The number of benzene rings is 2. The molecular weight excluding hydrogens is 368 g/mol. The minimum absolute atomic E-state index is 0.0325. The second-order valence-corrected chi connectivity index (χ2v) is 7.46. The Labute approximate surface area is 163 Å². The lowest BCUT2D eigenvalue weighted by Gasteiger charge is -2.21. The highest BCUT2D eigenvalue weighted by molar-refractivity contribution is 6.33. The molecule has 144 valence electrons. The molecule has 0 bridgehead atoms. The SMILES string of the molecule is CC(C)(C)NC(=O)COc1ccccc1CNc1ccc(Cl)c(C(=O)O)c1. The molecule has 0 spiro atoms. The monoisotopic (exact) mass is 390 g/mol. The first-order valence-electron chi connectivity index (χ1n) is 8.44. The summed E-state index contributed by atoms with van der Waals surface area (Å²) in [5, 5.41) is 15.3. The topological polar surface area (TPSA) is 87.7 Å². The van der Waals surface area contributed by atoms with Gasteiger partial charge < -0.3 is 20.5 Å². The van der Waals surface area contributed by atoms with Crippen molar-refractivity contribution in [2.45, 2.75) is 32.9 Å². The third-order valence-electron chi connectivity index (χ3n) is 3.53. The summed E-state index contributed by atoms with van der Waals surface area (Å²) in [6.45, 7) is 6.02. The lowest BCUT2D eigenvalue weighted by molar-refractivity contribution is -0.124. The lowest BCUT2D eigenvalue weighted by Crippen LogP contribution is -2.43. The van der Waals surface area contributed by atoms with Crippen molar-refractivity contribution in [3.8, 4) is 5.75 Å². The fourth-order valence-corrected chi connectivity index (χ4v) is 2.58. The first-order valence-corrected chi connectivity index (χ1v) is 8.82. The van der Waals surface area contributed by atoms with Crippen LogP contribution in [0.3, 0.4) is 0 Å². The van der Waals surface area contributed by atoms with E-state index in [1.807, 2.05) is 39.0 Å². The van der Waals surface area contributed by atoms with Gasteiger partial charge in [-0.2, -0.15) is 0 Å². The van der Waals surface area contributed by atoms with Crippen LogP contribution < -0.4 is 15.4 Å². The van der Waals surface area contributed by atoms with Gasteiger partial charge in [-0.15, -0.1) is 0 Å². The summed E-state index contributed by atoms with van der Waals surface area (Å²) < 4.78 is 5.65. The number of nitrogens with one attached hydrogen (secondary N) is 2. The van der Waals surface area contributed by atoms with E-state index in [0.717, 1.165) is 5.56 Å². The summed E-state index contributed by atoms with van der Waals surface area (Å²) in [5.41, 5.74) is 1.17. The zero-order valence-electron chi connectivity index (χ0n) is 15.5. The Morgan fingerprint density at radius 3 is 2.52 bits per heavy atom. The summed E-state index contributed by atoms with van der Waals surface area (Å²) in [6, 6.07) is 12.1. The molecule has 0 saturated heterocycles. The molecule has 0 aromatic heterocycles. The Morgan fingerprint density at radius 1 is 1.15 bits per heavy atom. The highest BCUT2D eigenvalue weighted by Gasteiger charge is 2.15. The number of hydrogen-bond donors (Lipinski definition) is 3. The smallest absolute Gasteiger partial charge is 0.337 e. The van der Waals surface area contributed by atoms with Crippen molar-refractivity contribution in [3.05, 3.63) is 58.6 Å². The number of carboxylic acid groups (broad SMARTS) is 1. The van der Waals surface area contributed by atoms with Crippen molar-refractivity contribution in [3.63, 3.8) is 0 Å². The number of aromatic carboxylic acids is 1. The summed E-state index contributed by atoms with van der Waals surface area (Å²) in [5.74, 6) is -0.701. The predicted octanol–water partition coefficient (Wildman–Crippen LogP) is 3.94. The molecule has 0 fully saturated rings. The van der Waals surface area contributed by atoms with Crippen molar-refractivity contribution in [1.82, 2.24) is 5.32 Å². The van der Waals surface area contributed by atoms with Gasteiger partial charge in [-0.05, 0) is 45.0 Å². The van der Waals surface area contributed by atoms with E-state index in [2.05, 4.69) is 10.6 Å². The summed E-state index contributed by atoms with van der Waals surface area (Å²) in [7, 11) is 0. The third kappa shape index (κ3) is 6.49. The number of carbonyl (C=O) groups excluding carboxylic acids is 1. The van der Waals surface area contributed by atoms with Crippen LogP contribution in [0, 0.1) is 0 Å². The van der Waals surface area contributed by atoms with Crippen LogP contribution in [0.2, 0.25) is 5.02 Å². The Kier molecular flexibility index (Phi) is 6.69. The van der Waals surface area contributed by atoms with Gasteiger partial charge in [-0.3, -0.25) is 4.79 Å². The van der Waals surface area contributed by atoms with Gasteiger partial charge in [0.15, 0.2) is 6.61 Å². The van der Waals surface area contributed by atoms with Gasteiger partial charge in [0.1, 0.15) is 5.75 Å². The number of rotatable bonds is 7. The number of hydrogen-bond acceptors (Lipinski definition) is 4. The first kappa shape index (κ1) is 20.6. The van der Waals surface area contributed by atoms with Crippen LogP contribution in [0.15, 0.2) is 42.5 Å². The summed E-state index contributed by atoms with van der Waals surface area (Å²) in [4.78, 5) is 23.1. The van der Waals surface area contributed by atoms with E-state index < -0.39 is 5.97 Å². The standard InChI is InChI=1S/C20H23ClN2O4/c1-20(2,3)23-18(24)12-27-17-7-5-4-6-13(17)11-22-14-8-9-16(21)15(10-14)19(25)26/h4-10,22H,11-12H2,1-3H3,(H,23,24)(H,25,26). The first-order chi connectivity index (χ1) is 12.7. The second kappa shape index (κ2) is 8.77. The van der Waals surface area contributed by atoms with Gasteiger partial charge in [0, 0.05) is 23.3 Å². The van der Waals surface area contributed by atoms with Gasteiger partial charge in [-0.1, -0.05) is 29.8 Å². The van der Waals surface area contributed by atoms with E-state index in [1.165, 1.54) is 12.1 Å². The molecule has 6 nitrogen and oxygen atoms in total. The Morgan fingerprint density at radius 2 is 1.85 bits per heavy atom. The normalized spacial score (nSPS) is 11.0. The molecule has 2 aromatic rings. The average molecular weight is 391 g/mol. The van der Waals surface area contributed by atoms with E-state index in [-0.39, 0.29) is 28.6 Å². The van der Waals surface area contributed by atoms with Crippen LogP contribution in [0.4, 0.5) is 5.69 Å². The minimum atomic E-state index is -1.09. The molecule has 27 heavy (non-hydrogen) atoms. The molecule has 0 unspecified atom stereocenters. The van der Waals surface area contributed by atoms with E-state index >= 15 is 0 Å². The molecule has 0 heterocycles. The van der Waals surface area contributed by atoms with Crippen molar-refractivity contribution in [2.24, 2.45) is 0 Å². The van der Waals surface area contributed by atoms with Crippen molar-refractivity contribution >= 4 is 29.2 Å². The highest BCUT2D eigenvalue weighted by Crippen LogP contribution is 2.23. The number of anilines is 1. The summed E-state index contributed by atoms with van der Waals surface area (Å²) in [6.07, 6.45) is 0. The number of halogens is 1. The number of carboxylic acids is 1. The molecule has 0 radical (unpaired) electrons. The second-order valence-electron chi connectivity index (χ2n) is 7.05. The number of para-hydroxylation sites is 1. The fourth-order valence-electron chi connectivity index (χ4n) is 2.38. The molecule has 2 rings (SSSR count). The van der Waals surface area contributed by atoms with E-state index in [0.29, 0.717) is 18.0 Å². The minimum Gasteiger partial charge on any atom is -0.483 e. The molecule has 0 aliphatic carbocycles. The fraction of sp³-hybridized carbons (Fsp3) is 0.300. The Balaban J connectivity index is 2.03. The van der Waals surface area contributed by atoms with Crippen molar-refractivity contribution < 1.29 is 19.4 Å². The van der Waals surface area contributed by atoms with Crippen LogP contribution in [0.25, 0.3) is 0 Å². The molecule has 2 aromatic carbocycles. The average Bonchev–Trinajstić information content (AvgIpc) is 2.58. The van der Waals surface area contributed by atoms with Crippen LogP contribution in [0.1, 0.15) is 36.7 Å². The van der Waals surface area contributed by atoms with E-state index in [4.69, 9.17) is 21.4 Å². The molecular formula is C20H23ClN2O4. The molecule has 0 aliphatic heterocycles. The van der Waals surface area contributed by atoms with Crippen molar-refractivity contribution in [2.75, 3.05) is 11.9 Å². The molecule has 0 aliphatic rings. The maximum absolute atomic E-state index is 11.9. The van der Waals surface area contributed by atoms with Crippen molar-refractivity contribution in [1.29, 1.82) is 0 Å². The van der Waals surface area contributed by atoms with Gasteiger partial charge >= 0.3 is 5.97 Å². The van der Waals surface area contributed by atoms with Gasteiger partial charge in [0.05, 0.1) is 10.6 Å². The van der Waals surface area contributed by atoms with Gasteiger partial charge in [0.2, 0.25) is 0 Å². The summed E-state index contributed by atoms with van der Waals surface area (Å²) >= 11 is 5.88. The molecule has 0 saturated carbocycles. The van der Waals surface area contributed by atoms with Crippen LogP contribution in [-0.4, -0.2) is 29.1 Å². The van der Waals surface area contributed by atoms with Gasteiger partial charge in [-0.25, -0.2) is 4.79 Å². The molecule has 3 N–H and O–H groups in total. The molecule has 7 heteroatoms. The zero-order valence-corrected chi connectivity index (χ0v) is 16.3. The zero-order chi connectivity index (χ0) is 20.0. The van der Waals surface area contributed by atoms with Crippen LogP contribution in [0.5, 0.6) is 5.75 Å². The largest absolute Gasteiger partial charge is 0.483 e. The van der Waals surface area contributed by atoms with Crippen LogP contribution >= 0.6 is 11.6 Å². The number of amides is 1. The van der Waals surface area contributed by atoms with Gasteiger partial charge in [0.25, 0.3) is 5.91 Å². The van der Waals surface area contributed by atoms with E-state index in [9.17, 15) is 9.59 Å². The maximum atomic E-state index is 11.9. The molecule has 1 amide bonds. The quantitative estimate of drug-likeness (QED) is 0.666.